The highest BCUT2D eigenvalue weighted by atomic mass is 19.1. The monoisotopic (exact) mass is 366 g/mol. The molecule has 0 aliphatic heterocycles. The van der Waals surface area contributed by atoms with Crippen LogP contribution < -0.4 is 15.4 Å². The summed E-state index contributed by atoms with van der Waals surface area (Å²) in [5, 5.41) is 6.51. The zero-order valence-electron chi connectivity index (χ0n) is 15.4. The Morgan fingerprint density at radius 2 is 1.67 bits per heavy atom. The number of hydrogen-bond acceptors (Lipinski definition) is 5. The van der Waals surface area contributed by atoms with Crippen LogP contribution in [0.5, 0.6) is 5.75 Å². The van der Waals surface area contributed by atoms with E-state index in [1.54, 1.807) is 12.1 Å². The van der Waals surface area contributed by atoms with Gasteiger partial charge in [-0.3, -0.25) is 0 Å². The van der Waals surface area contributed by atoms with E-state index in [1.165, 1.54) is 18.5 Å². The lowest BCUT2D eigenvalue weighted by Crippen LogP contribution is -2.07. The van der Waals surface area contributed by atoms with Crippen LogP contribution in [0.2, 0.25) is 0 Å². The topological polar surface area (TPSA) is 59.1 Å². The number of ether oxygens (including phenoxy) is 1. The molecule has 0 bridgehead atoms. The fourth-order valence-electron chi connectivity index (χ4n) is 2.55. The quantitative estimate of drug-likeness (QED) is 0.600. The number of hydrogen-bond donors (Lipinski definition) is 2. The second kappa shape index (κ2) is 8.98. The van der Waals surface area contributed by atoms with Gasteiger partial charge in [-0.15, -0.1) is 0 Å². The van der Waals surface area contributed by atoms with Crippen LogP contribution in [0.4, 0.5) is 21.7 Å². The molecule has 0 atom stereocenters. The molecular formula is C21H23FN4O. The van der Waals surface area contributed by atoms with Crippen LogP contribution in [0, 0.1) is 5.82 Å². The first-order chi connectivity index (χ1) is 13.1. The van der Waals surface area contributed by atoms with Crippen LogP contribution in [-0.4, -0.2) is 22.6 Å². The van der Waals surface area contributed by atoms with Crippen molar-refractivity contribution in [3.05, 3.63) is 72.3 Å². The number of nitrogens with zero attached hydrogens (tertiary/aromatic N) is 2. The van der Waals surface area contributed by atoms with Crippen molar-refractivity contribution in [2.75, 3.05) is 17.2 Å². The molecule has 1 aromatic heterocycles. The molecule has 0 radical (unpaired) electrons. The van der Waals surface area contributed by atoms with Crippen molar-refractivity contribution in [2.24, 2.45) is 0 Å². The van der Waals surface area contributed by atoms with E-state index in [-0.39, 0.29) is 11.9 Å². The molecule has 0 aliphatic carbocycles. The molecular weight excluding hydrogens is 343 g/mol. The first-order valence-corrected chi connectivity index (χ1v) is 8.92. The molecule has 2 aromatic carbocycles. The molecule has 0 amide bonds. The molecule has 5 nitrogen and oxygen atoms in total. The van der Waals surface area contributed by atoms with Crippen LogP contribution in [0.1, 0.15) is 19.4 Å². The number of halogens is 1. The van der Waals surface area contributed by atoms with E-state index in [0.717, 1.165) is 29.2 Å². The van der Waals surface area contributed by atoms with Gasteiger partial charge in [0.2, 0.25) is 0 Å². The van der Waals surface area contributed by atoms with Gasteiger partial charge in [0.25, 0.3) is 0 Å². The molecule has 0 saturated heterocycles. The van der Waals surface area contributed by atoms with Crippen molar-refractivity contribution in [3.63, 3.8) is 0 Å². The maximum atomic E-state index is 12.9. The first-order valence-electron chi connectivity index (χ1n) is 8.92. The van der Waals surface area contributed by atoms with Gasteiger partial charge < -0.3 is 15.4 Å². The number of nitrogens with one attached hydrogen (secondary N) is 2. The summed E-state index contributed by atoms with van der Waals surface area (Å²) >= 11 is 0. The zero-order valence-corrected chi connectivity index (χ0v) is 15.4. The van der Waals surface area contributed by atoms with E-state index < -0.39 is 0 Å². The SMILES string of the molecule is CC(C)Oc1ccc(Nc2cc(NCCc3ccc(F)cc3)ncn2)cc1. The van der Waals surface area contributed by atoms with Gasteiger partial charge in [-0.05, 0) is 62.2 Å². The smallest absolute Gasteiger partial charge is 0.135 e. The molecule has 0 unspecified atom stereocenters. The van der Waals surface area contributed by atoms with E-state index in [1.807, 2.05) is 44.2 Å². The third-order valence-corrected chi connectivity index (χ3v) is 3.80. The van der Waals surface area contributed by atoms with Gasteiger partial charge in [-0.25, -0.2) is 14.4 Å². The molecule has 1 heterocycles. The fraction of sp³-hybridized carbons (Fsp3) is 0.238. The molecule has 0 aliphatic rings. The minimum absolute atomic E-state index is 0.147. The van der Waals surface area contributed by atoms with Gasteiger partial charge in [0.15, 0.2) is 0 Å². The summed E-state index contributed by atoms with van der Waals surface area (Å²) in [6.07, 6.45) is 2.44. The molecule has 3 rings (SSSR count). The average molecular weight is 366 g/mol. The largest absolute Gasteiger partial charge is 0.491 e. The van der Waals surface area contributed by atoms with Crippen molar-refractivity contribution in [2.45, 2.75) is 26.4 Å². The number of rotatable bonds is 8. The van der Waals surface area contributed by atoms with E-state index >= 15 is 0 Å². The van der Waals surface area contributed by atoms with Crippen LogP contribution in [0.15, 0.2) is 60.9 Å². The zero-order chi connectivity index (χ0) is 19.1. The molecule has 3 aromatic rings. The minimum atomic E-state index is -0.220. The summed E-state index contributed by atoms with van der Waals surface area (Å²) in [5.74, 6) is 2.05. The Morgan fingerprint density at radius 3 is 2.37 bits per heavy atom. The van der Waals surface area contributed by atoms with E-state index in [2.05, 4.69) is 20.6 Å². The van der Waals surface area contributed by atoms with Crippen LogP contribution in [0.25, 0.3) is 0 Å². The summed E-state index contributed by atoms with van der Waals surface area (Å²) < 4.78 is 18.6. The van der Waals surface area contributed by atoms with Crippen molar-refractivity contribution >= 4 is 17.3 Å². The third kappa shape index (κ3) is 5.95. The predicted octanol–water partition coefficient (Wildman–Crippen LogP) is 4.80. The first kappa shape index (κ1) is 18.6. The van der Waals surface area contributed by atoms with Crippen LogP contribution in [-0.2, 0) is 6.42 Å². The van der Waals surface area contributed by atoms with Gasteiger partial charge in [-0.2, -0.15) is 0 Å². The van der Waals surface area contributed by atoms with E-state index in [0.29, 0.717) is 12.4 Å². The average Bonchev–Trinajstić information content (AvgIpc) is 2.65. The summed E-state index contributed by atoms with van der Waals surface area (Å²) in [6.45, 7) is 4.69. The molecule has 6 heteroatoms. The van der Waals surface area contributed by atoms with Gasteiger partial charge in [-0.1, -0.05) is 12.1 Å². The van der Waals surface area contributed by atoms with Crippen LogP contribution in [0.3, 0.4) is 0 Å². The maximum Gasteiger partial charge on any atom is 0.135 e. The molecule has 0 spiro atoms. The number of aromatic nitrogens is 2. The molecule has 2 N–H and O–H groups in total. The Morgan fingerprint density at radius 1 is 0.963 bits per heavy atom. The lowest BCUT2D eigenvalue weighted by molar-refractivity contribution is 0.242. The Bertz CT molecular complexity index is 851. The second-order valence-corrected chi connectivity index (χ2v) is 6.41. The van der Waals surface area contributed by atoms with Crippen molar-refractivity contribution in [1.29, 1.82) is 0 Å². The summed E-state index contributed by atoms with van der Waals surface area (Å²) in [7, 11) is 0. The normalized spacial score (nSPS) is 10.7. The lowest BCUT2D eigenvalue weighted by atomic mass is 10.1. The highest BCUT2D eigenvalue weighted by molar-refractivity contribution is 5.59. The van der Waals surface area contributed by atoms with Crippen molar-refractivity contribution < 1.29 is 9.13 Å². The Labute approximate surface area is 158 Å². The van der Waals surface area contributed by atoms with Gasteiger partial charge in [0, 0.05) is 18.3 Å². The number of benzene rings is 2. The summed E-state index contributed by atoms with van der Waals surface area (Å²) in [4.78, 5) is 8.48. The van der Waals surface area contributed by atoms with E-state index in [4.69, 9.17) is 4.74 Å². The minimum Gasteiger partial charge on any atom is -0.491 e. The molecule has 27 heavy (non-hydrogen) atoms. The second-order valence-electron chi connectivity index (χ2n) is 6.41. The van der Waals surface area contributed by atoms with E-state index in [9.17, 15) is 4.39 Å². The van der Waals surface area contributed by atoms with Gasteiger partial charge in [0.05, 0.1) is 6.10 Å². The lowest BCUT2D eigenvalue weighted by Gasteiger charge is -2.11. The Hall–Kier alpha value is -3.15. The summed E-state index contributed by atoms with van der Waals surface area (Å²) in [6, 6.07) is 16.1. The Balaban J connectivity index is 1.54. The van der Waals surface area contributed by atoms with Gasteiger partial charge >= 0.3 is 0 Å². The fourth-order valence-corrected chi connectivity index (χ4v) is 2.55. The van der Waals surface area contributed by atoms with Crippen molar-refractivity contribution in [3.8, 4) is 5.75 Å². The Kier molecular flexibility index (Phi) is 6.20. The molecule has 0 fully saturated rings. The predicted molar refractivity (Wildman–Crippen MR) is 106 cm³/mol. The van der Waals surface area contributed by atoms with Crippen molar-refractivity contribution in [1.82, 2.24) is 9.97 Å². The van der Waals surface area contributed by atoms with Gasteiger partial charge in [0.1, 0.15) is 29.5 Å². The number of anilines is 3. The standard InChI is InChI=1S/C21H23FN4O/c1-15(2)27-19-9-7-18(8-10-19)26-21-13-20(24-14-25-21)23-12-11-16-3-5-17(22)6-4-16/h3-10,13-15H,11-12H2,1-2H3,(H2,23,24,25,26). The molecule has 140 valence electrons. The maximum absolute atomic E-state index is 12.9. The highest BCUT2D eigenvalue weighted by Gasteiger charge is 2.02. The van der Waals surface area contributed by atoms with Crippen LogP contribution >= 0.6 is 0 Å². The third-order valence-electron chi connectivity index (χ3n) is 3.80. The highest BCUT2D eigenvalue weighted by Crippen LogP contribution is 2.20. The molecule has 0 saturated carbocycles. The summed E-state index contributed by atoms with van der Waals surface area (Å²) in [5.41, 5.74) is 1.99.